The maximum Gasteiger partial charge on any atom is 0.460 e. The zero-order valence-electron chi connectivity index (χ0n) is 11.8. The molecule has 0 bridgehead atoms. The van der Waals surface area contributed by atoms with Crippen molar-refractivity contribution in [3.05, 3.63) is 0 Å². The third-order valence-corrected chi connectivity index (χ3v) is 4.19. The second-order valence-electron chi connectivity index (χ2n) is 5.21. The lowest BCUT2D eigenvalue weighted by Gasteiger charge is -2.39. The summed E-state index contributed by atoms with van der Waals surface area (Å²) < 4.78 is 165. The molecule has 0 aromatic rings. The van der Waals surface area contributed by atoms with Crippen molar-refractivity contribution in [2.24, 2.45) is 0 Å². The molecule has 0 aliphatic heterocycles. The molecule has 0 aromatic carbocycles. The van der Waals surface area contributed by atoms with E-state index in [2.05, 4.69) is 0 Å². The van der Waals surface area contributed by atoms with Gasteiger partial charge in [0.05, 0.1) is 0 Å². The molecule has 145 valence electrons. The van der Waals surface area contributed by atoms with E-state index in [9.17, 15) is 57.1 Å². The maximum atomic E-state index is 13.2. The first-order chi connectivity index (χ1) is 10.2. The molecule has 0 N–H and O–H groups in total. The predicted octanol–water partition coefficient (Wildman–Crippen LogP) is 5.87. The highest BCUT2D eigenvalue weighted by atomic mass is 28.3. The molecular weight excluding hydrogens is 395 g/mol. The zero-order valence-corrected chi connectivity index (χ0v) is 12.8. The standard InChI is InChI=1S/C10H10F13Si/c1-24(2)4-3-5(11,12)6(13,14)7(15,16)8(17,18)9(19,20)10(21,22)23/h3-4H2,1-2H3. The van der Waals surface area contributed by atoms with Gasteiger partial charge >= 0.3 is 35.8 Å². The van der Waals surface area contributed by atoms with Crippen LogP contribution < -0.4 is 0 Å². The predicted molar refractivity (Wildman–Crippen MR) is 57.7 cm³/mol. The summed E-state index contributed by atoms with van der Waals surface area (Å²) in [6, 6.07) is -0.801. The topological polar surface area (TPSA) is 0 Å². The minimum Gasteiger partial charge on any atom is -0.200 e. The molecule has 0 aliphatic rings. The van der Waals surface area contributed by atoms with Crippen LogP contribution in [0.5, 0.6) is 0 Å². The molecule has 0 atom stereocenters. The molecule has 24 heavy (non-hydrogen) atoms. The first-order valence-electron chi connectivity index (χ1n) is 5.91. The monoisotopic (exact) mass is 405 g/mol. The fraction of sp³-hybridized carbons (Fsp3) is 1.00. The molecular formula is C10H10F13Si. The molecule has 0 heterocycles. The van der Waals surface area contributed by atoms with Crippen molar-refractivity contribution in [3.63, 3.8) is 0 Å². The Morgan fingerprint density at radius 1 is 0.542 bits per heavy atom. The molecule has 0 unspecified atom stereocenters. The summed E-state index contributed by atoms with van der Waals surface area (Å²) in [4.78, 5) is 0. The van der Waals surface area contributed by atoms with Crippen LogP contribution >= 0.6 is 0 Å². The van der Waals surface area contributed by atoms with Crippen LogP contribution in [-0.4, -0.2) is 44.6 Å². The molecule has 1 radical (unpaired) electrons. The van der Waals surface area contributed by atoms with E-state index in [0.29, 0.717) is 0 Å². The number of rotatable bonds is 7. The van der Waals surface area contributed by atoms with Crippen molar-refractivity contribution >= 4 is 8.80 Å². The van der Waals surface area contributed by atoms with E-state index in [0.717, 1.165) is 0 Å². The average molecular weight is 405 g/mol. The van der Waals surface area contributed by atoms with E-state index >= 15 is 0 Å². The van der Waals surface area contributed by atoms with Crippen molar-refractivity contribution in [3.8, 4) is 0 Å². The van der Waals surface area contributed by atoms with E-state index < -0.39 is 57.1 Å². The lowest BCUT2D eigenvalue weighted by molar-refractivity contribution is -0.439. The molecule has 0 fully saturated rings. The summed E-state index contributed by atoms with van der Waals surface area (Å²) in [5.41, 5.74) is 0. The van der Waals surface area contributed by atoms with Crippen molar-refractivity contribution in [1.29, 1.82) is 0 Å². The van der Waals surface area contributed by atoms with E-state index in [-0.39, 0.29) is 0 Å². The van der Waals surface area contributed by atoms with Crippen LogP contribution in [0.4, 0.5) is 57.1 Å². The second-order valence-corrected chi connectivity index (χ2v) is 8.12. The molecule has 0 spiro atoms. The minimum absolute atomic E-state index is 0.801. The largest absolute Gasteiger partial charge is 0.460 e. The fourth-order valence-corrected chi connectivity index (χ4v) is 2.18. The number of alkyl halides is 13. The van der Waals surface area contributed by atoms with Crippen molar-refractivity contribution < 1.29 is 57.1 Å². The molecule has 0 amide bonds. The number of halogens is 13. The van der Waals surface area contributed by atoms with E-state index in [4.69, 9.17) is 0 Å². The van der Waals surface area contributed by atoms with Gasteiger partial charge in [-0.15, -0.1) is 0 Å². The van der Waals surface area contributed by atoms with Gasteiger partial charge in [0.15, 0.2) is 0 Å². The van der Waals surface area contributed by atoms with Gasteiger partial charge in [-0.25, -0.2) is 0 Å². The second kappa shape index (κ2) is 6.23. The van der Waals surface area contributed by atoms with Crippen LogP contribution in [-0.2, 0) is 0 Å². The Morgan fingerprint density at radius 2 is 0.875 bits per heavy atom. The molecule has 0 aromatic heterocycles. The lowest BCUT2D eigenvalue weighted by atomic mass is 9.93. The molecule has 0 rings (SSSR count). The third-order valence-electron chi connectivity index (χ3n) is 2.94. The summed E-state index contributed by atoms with van der Waals surface area (Å²) >= 11 is 0. The van der Waals surface area contributed by atoms with Crippen LogP contribution in [0.15, 0.2) is 0 Å². The van der Waals surface area contributed by atoms with Gasteiger partial charge < -0.3 is 0 Å². The number of hydrogen-bond donors (Lipinski definition) is 0. The Hall–Kier alpha value is -0.693. The first kappa shape index (κ1) is 23.3. The minimum atomic E-state index is -7.81. The summed E-state index contributed by atoms with van der Waals surface area (Å²) in [5, 5.41) is 0. The Balaban J connectivity index is 6.01. The normalized spacial score (nSPS) is 16.0. The third kappa shape index (κ3) is 3.47. The van der Waals surface area contributed by atoms with Crippen LogP contribution in [0.1, 0.15) is 6.42 Å². The summed E-state index contributed by atoms with van der Waals surface area (Å²) in [5.74, 6) is -36.2. The lowest BCUT2D eigenvalue weighted by Crippen LogP contribution is -2.70. The molecule has 0 saturated carbocycles. The quantitative estimate of drug-likeness (QED) is 0.367. The Bertz CT molecular complexity index is 437. The Labute approximate surface area is 128 Å². The van der Waals surface area contributed by atoms with Crippen molar-refractivity contribution in [1.82, 2.24) is 0 Å². The van der Waals surface area contributed by atoms with Gasteiger partial charge in [0.1, 0.15) is 0 Å². The van der Waals surface area contributed by atoms with Gasteiger partial charge in [-0.2, -0.15) is 57.1 Å². The van der Waals surface area contributed by atoms with Gasteiger partial charge in [0, 0.05) is 15.2 Å². The first-order valence-corrected chi connectivity index (χ1v) is 8.62. The Morgan fingerprint density at radius 3 is 1.17 bits per heavy atom. The fourth-order valence-electron chi connectivity index (χ4n) is 1.37. The smallest absolute Gasteiger partial charge is 0.200 e. The van der Waals surface area contributed by atoms with Crippen LogP contribution in [0.25, 0.3) is 0 Å². The molecule has 0 aliphatic carbocycles. The molecule has 14 heteroatoms. The SMILES string of the molecule is C[Si](C)CCC(F)(F)C(F)(F)C(F)(F)C(F)(F)C(F)(F)C(F)(F)F. The highest BCUT2D eigenvalue weighted by molar-refractivity contribution is 6.55. The van der Waals surface area contributed by atoms with Crippen molar-refractivity contribution in [2.75, 3.05) is 0 Å². The van der Waals surface area contributed by atoms with Crippen LogP contribution in [0.2, 0.25) is 19.1 Å². The van der Waals surface area contributed by atoms with E-state index in [1.54, 1.807) is 0 Å². The van der Waals surface area contributed by atoms with Gasteiger partial charge in [-0.05, 0) is 0 Å². The summed E-state index contributed by atoms with van der Waals surface area (Å²) in [7, 11) is -1.73. The van der Waals surface area contributed by atoms with Gasteiger partial charge in [0.25, 0.3) is 0 Å². The average Bonchev–Trinajstić information content (AvgIpc) is 2.34. The summed E-state index contributed by atoms with van der Waals surface area (Å²) in [6.07, 6.45) is -9.45. The van der Waals surface area contributed by atoms with Gasteiger partial charge in [-0.3, -0.25) is 0 Å². The zero-order chi connectivity index (χ0) is 20.0. The number of hydrogen-bond acceptors (Lipinski definition) is 0. The summed E-state index contributed by atoms with van der Waals surface area (Å²) in [6.45, 7) is 2.53. The molecule has 0 saturated heterocycles. The van der Waals surface area contributed by atoms with E-state index in [1.165, 1.54) is 13.1 Å². The maximum absolute atomic E-state index is 13.2. The van der Waals surface area contributed by atoms with Crippen molar-refractivity contribution in [2.45, 2.75) is 61.3 Å². The van der Waals surface area contributed by atoms with Gasteiger partial charge in [0.2, 0.25) is 0 Å². The highest BCUT2D eigenvalue weighted by Crippen LogP contribution is 2.60. The van der Waals surface area contributed by atoms with Crippen LogP contribution in [0.3, 0.4) is 0 Å². The molecule has 0 nitrogen and oxygen atoms in total. The highest BCUT2D eigenvalue weighted by Gasteiger charge is 2.90. The van der Waals surface area contributed by atoms with Crippen LogP contribution in [0, 0.1) is 0 Å². The van der Waals surface area contributed by atoms with Gasteiger partial charge in [-0.1, -0.05) is 19.1 Å². The van der Waals surface area contributed by atoms with E-state index in [1.807, 2.05) is 0 Å². The Kier molecular flexibility index (Phi) is 6.05.